The van der Waals surface area contributed by atoms with Crippen molar-refractivity contribution in [2.75, 3.05) is 6.54 Å². The molecule has 0 aliphatic rings. The fourth-order valence-corrected chi connectivity index (χ4v) is 5.23. The second kappa shape index (κ2) is 14.5. The van der Waals surface area contributed by atoms with Gasteiger partial charge in [-0.1, -0.05) is 88.3 Å². The Morgan fingerprint density at radius 3 is 1.90 bits per heavy atom. The van der Waals surface area contributed by atoms with Gasteiger partial charge < -0.3 is 26.3 Å². The molecule has 0 saturated heterocycles. The van der Waals surface area contributed by atoms with E-state index in [2.05, 4.69) is 27.5 Å². The number of aromatic nitrogens is 2. The zero-order chi connectivity index (χ0) is 27.5. The molecular weight excluding hydrogens is 486 g/mol. The molecule has 0 radical (unpaired) electrons. The minimum Gasteiger partial charge on any atom is -0.361 e. The molecule has 0 bridgehead atoms. The number of nitrogens with two attached hydrogens (primary N) is 1. The number of carbonyl (C=O) groups excluding carboxylic acids is 2. The van der Waals surface area contributed by atoms with Gasteiger partial charge in [0.15, 0.2) is 0 Å². The summed E-state index contributed by atoms with van der Waals surface area (Å²) in [6.07, 6.45) is 14.2. The topological polar surface area (TPSA) is 116 Å². The Morgan fingerprint density at radius 2 is 1.28 bits per heavy atom. The Morgan fingerprint density at radius 1 is 0.744 bits per heavy atom. The van der Waals surface area contributed by atoms with E-state index in [0.717, 1.165) is 45.8 Å². The van der Waals surface area contributed by atoms with Gasteiger partial charge in [-0.15, -0.1) is 0 Å². The Bertz CT molecular complexity index is 1340. The lowest BCUT2D eigenvalue weighted by atomic mass is 10.0. The molecule has 6 N–H and O–H groups in total. The lowest BCUT2D eigenvalue weighted by molar-refractivity contribution is -0.129. The number of fused-ring (bicyclic) bond motifs is 2. The van der Waals surface area contributed by atoms with Gasteiger partial charge in [0.2, 0.25) is 11.8 Å². The van der Waals surface area contributed by atoms with Gasteiger partial charge >= 0.3 is 0 Å². The number of para-hydroxylation sites is 2. The predicted molar refractivity (Wildman–Crippen MR) is 160 cm³/mol. The third kappa shape index (κ3) is 7.96. The van der Waals surface area contributed by atoms with Crippen molar-refractivity contribution < 1.29 is 9.59 Å². The lowest BCUT2D eigenvalue weighted by Crippen LogP contribution is -2.53. The molecule has 0 spiro atoms. The Balaban J connectivity index is 1.35. The number of nitrogens with one attached hydrogen (secondary N) is 4. The highest BCUT2D eigenvalue weighted by Crippen LogP contribution is 2.20. The Labute approximate surface area is 231 Å². The van der Waals surface area contributed by atoms with Gasteiger partial charge in [-0.05, 0) is 36.1 Å². The van der Waals surface area contributed by atoms with Crippen LogP contribution >= 0.6 is 0 Å². The van der Waals surface area contributed by atoms with Gasteiger partial charge in [0, 0.05) is 47.2 Å². The van der Waals surface area contributed by atoms with E-state index in [0.29, 0.717) is 19.4 Å². The molecule has 208 valence electrons. The summed E-state index contributed by atoms with van der Waals surface area (Å²) in [6, 6.07) is 14.5. The van der Waals surface area contributed by atoms with E-state index in [-0.39, 0.29) is 11.8 Å². The number of amides is 2. The van der Waals surface area contributed by atoms with Gasteiger partial charge in [-0.2, -0.15) is 0 Å². The zero-order valence-corrected chi connectivity index (χ0v) is 23.1. The summed E-state index contributed by atoms with van der Waals surface area (Å²) in [5.74, 6) is -0.497. The average Bonchev–Trinajstić information content (AvgIpc) is 3.55. The quantitative estimate of drug-likeness (QED) is 0.123. The SMILES string of the molecule is CCCCCCCCCCNC(=O)[C@H](Cc1c[nH]c2ccccc12)NC(=O)[C@@H](N)Cc1c[nH]c2ccccc12. The second-order valence-corrected chi connectivity index (χ2v) is 10.6. The highest BCUT2D eigenvalue weighted by atomic mass is 16.2. The monoisotopic (exact) mass is 529 g/mol. The first-order valence-electron chi connectivity index (χ1n) is 14.5. The van der Waals surface area contributed by atoms with Crippen molar-refractivity contribution in [1.82, 2.24) is 20.6 Å². The fraction of sp³-hybridized carbons (Fsp3) is 0.438. The van der Waals surface area contributed by atoms with Crippen LogP contribution in [0.25, 0.3) is 21.8 Å². The molecule has 4 aromatic rings. The van der Waals surface area contributed by atoms with Gasteiger partial charge in [-0.25, -0.2) is 0 Å². The summed E-state index contributed by atoms with van der Waals surface area (Å²) in [5, 5.41) is 8.13. The maximum atomic E-state index is 13.3. The van der Waals surface area contributed by atoms with Gasteiger partial charge in [-0.3, -0.25) is 9.59 Å². The highest BCUT2D eigenvalue weighted by Gasteiger charge is 2.25. The third-order valence-electron chi connectivity index (χ3n) is 7.51. The van der Waals surface area contributed by atoms with Crippen LogP contribution in [-0.2, 0) is 22.4 Å². The van der Waals surface area contributed by atoms with E-state index in [4.69, 9.17) is 5.73 Å². The van der Waals surface area contributed by atoms with Crippen LogP contribution in [-0.4, -0.2) is 40.4 Å². The first-order valence-corrected chi connectivity index (χ1v) is 14.5. The summed E-state index contributed by atoms with van der Waals surface area (Å²) in [6.45, 7) is 2.84. The minimum atomic E-state index is -0.768. The largest absolute Gasteiger partial charge is 0.361 e. The molecule has 2 heterocycles. The molecule has 0 fully saturated rings. The fourth-order valence-electron chi connectivity index (χ4n) is 5.23. The minimum absolute atomic E-state index is 0.170. The third-order valence-corrected chi connectivity index (χ3v) is 7.51. The number of unbranched alkanes of at least 4 members (excludes halogenated alkanes) is 7. The van der Waals surface area contributed by atoms with Crippen LogP contribution in [0.2, 0.25) is 0 Å². The van der Waals surface area contributed by atoms with E-state index in [1.807, 2.05) is 60.9 Å². The molecular formula is C32H43N5O2. The van der Waals surface area contributed by atoms with Crippen LogP contribution in [0.15, 0.2) is 60.9 Å². The lowest BCUT2D eigenvalue weighted by Gasteiger charge is -2.21. The van der Waals surface area contributed by atoms with E-state index in [1.54, 1.807) is 0 Å². The van der Waals surface area contributed by atoms with Crippen molar-refractivity contribution >= 4 is 33.6 Å². The number of hydrogen-bond donors (Lipinski definition) is 5. The normalized spacial score (nSPS) is 13.0. The number of benzene rings is 2. The second-order valence-electron chi connectivity index (χ2n) is 10.6. The maximum Gasteiger partial charge on any atom is 0.242 e. The van der Waals surface area contributed by atoms with Gasteiger partial charge in [0.1, 0.15) is 6.04 Å². The average molecular weight is 530 g/mol. The molecule has 7 heteroatoms. The number of hydrogen-bond acceptors (Lipinski definition) is 3. The van der Waals surface area contributed by atoms with Crippen molar-refractivity contribution in [3.8, 4) is 0 Å². The molecule has 2 amide bonds. The van der Waals surface area contributed by atoms with Crippen molar-refractivity contribution in [2.45, 2.75) is 83.2 Å². The highest BCUT2D eigenvalue weighted by molar-refractivity contribution is 5.92. The van der Waals surface area contributed by atoms with Gasteiger partial charge in [0.05, 0.1) is 6.04 Å². The van der Waals surface area contributed by atoms with E-state index >= 15 is 0 Å². The number of aromatic amines is 2. The summed E-state index contributed by atoms with van der Waals surface area (Å²) in [7, 11) is 0. The van der Waals surface area contributed by atoms with E-state index in [1.165, 1.54) is 38.5 Å². The first kappa shape index (κ1) is 28.4. The van der Waals surface area contributed by atoms with Crippen molar-refractivity contribution in [2.24, 2.45) is 5.73 Å². The molecule has 2 atom stereocenters. The Hall–Kier alpha value is -3.58. The van der Waals surface area contributed by atoms with E-state index in [9.17, 15) is 9.59 Å². The van der Waals surface area contributed by atoms with Crippen LogP contribution in [0.4, 0.5) is 0 Å². The van der Waals surface area contributed by atoms with Crippen LogP contribution in [0, 0.1) is 0 Å². The van der Waals surface area contributed by atoms with Crippen molar-refractivity contribution in [3.05, 3.63) is 72.1 Å². The molecule has 39 heavy (non-hydrogen) atoms. The van der Waals surface area contributed by atoms with Crippen molar-refractivity contribution in [1.29, 1.82) is 0 Å². The van der Waals surface area contributed by atoms with Crippen molar-refractivity contribution in [3.63, 3.8) is 0 Å². The van der Waals surface area contributed by atoms with Crippen LogP contribution in [0.3, 0.4) is 0 Å². The Kier molecular flexibility index (Phi) is 10.6. The maximum absolute atomic E-state index is 13.3. The number of carbonyl (C=O) groups is 2. The van der Waals surface area contributed by atoms with Crippen LogP contribution < -0.4 is 16.4 Å². The number of rotatable bonds is 16. The molecule has 0 unspecified atom stereocenters. The zero-order valence-electron chi connectivity index (χ0n) is 23.1. The van der Waals surface area contributed by atoms with Gasteiger partial charge in [0.25, 0.3) is 0 Å². The molecule has 2 aromatic carbocycles. The summed E-state index contributed by atoms with van der Waals surface area (Å²) < 4.78 is 0. The summed E-state index contributed by atoms with van der Waals surface area (Å²) >= 11 is 0. The molecule has 7 nitrogen and oxygen atoms in total. The smallest absolute Gasteiger partial charge is 0.242 e. The molecule has 4 rings (SSSR count). The van der Waals surface area contributed by atoms with Crippen LogP contribution in [0.1, 0.15) is 69.4 Å². The molecule has 0 saturated carbocycles. The number of H-pyrrole nitrogens is 2. The summed E-state index contributed by atoms with van der Waals surface area (Å²) in [4.78, 5) is 33.0. The molecule has 2 aromatic heterocycles. The van der Waals surface area contributed by atoms with E-state index < -0.39 is 12.1 Å². The predicted octanol–water partition coefficient (Wildman–Crippen LogP) is 5.50. The standard InChI is InChI=1S/C32H43N5O2/c1-2-3-4-5-6-7-8-13-18-34-32(39)30(20-24-22-36-29-17-12-10-15-26(24)29)37-31(38)27(33)19-23-21-35-28-16-11-9-14-25(23)28/h9-12,14-17,21-22,27,30,35-36H,2-8,13,18-20,33H2,1H3,(H,34,39)(H,37,38)/t27-,30-/m0/s1. The molecule has 0 aliphatic heterocycles. The first-order chi connectivity index (χ1) is 19.1. The molecule has 0 aliphatic carbocycles. The summed E-state index contributed by atoms with van der Waals surface area (Å²) in [5.41, 5.74) is 10.3. The van der Waals surface area contributed by atoms with Crippen LogP contribution in [0.5, 0.6) is 0 Å².